The lowest BCUT2D eigenvalue weighted by molar-refractivity contribution is 0.0934. The van der Waals surface area contributed by atoms with Crippen molar-refractivity contribution >= 4 is 86.9 Å². The Morgan fingerprint density at radius 3 is 2.25 bits per heavy atom. The molecule has 0 aliphatic carbocycles. The van der Waals surface area contributed by atoms with E-state index in [9.17, 15) is 4.79 Å². The third-order valence-electron chi connectivity index (χ3n) is 3.41. The smallest absolute Gasteiger partial charge is 0.253 e. The molecule has 0 saturated carbocycles. The van der Waals surface area contributed by atoms with Crippen LogP contribution >= 0.6 is 70.2 Å². The summed E-state index contributed by atoms with van der Waals surface area (Å²) in [4.78, 5) is 12.5. The highest BCUT2D eigenvalue weighted by Gasteiger charge is 2.35. The van der Waals surface area contributed by atoms with Gasteiger partial charge in [-0.15, -0.1) is 0 Å². The van der Waals surface area contributed by atoms with Crippen LogP contribution in [0.4, 0.5) is 5.69 Å². The van der Waals surface area contributed by atoms with Crippen molar-refractivity contribution in [1.82, 2.24) is 10.6 Å². The van der Waals surface area contributed by atoms with Gasteiger partial charge in [0.2, 0.25) is 3.79 Å². The van der Waals surface area contributed by atoms with E-state index in [1.165, 1.54) is 7.11 Å². The highest BCUT2D eigenvalue weighted by molar-refractivity contribution is 7.80. The van der Waals surface area contributed by atoms with Crippen LogP contribution in [0.15, 0.2) is 42.5 Å². The maximum atomic E-state index is 12.5. The number of rotatable bonds is 5. The number of anilines is 1. The number of thiocarbonyl (C=S) groups is 1. The first-order valence-electron chi connectivity index (χ1n) is 7.65. The number of hydrogen-bond donors (Lipinski definition) is 3. The molecule has 2 rings (SSSR count). The van der Waals surface area contributed by atoms with E-state index in [2.05, 4.69) is 16.0 Å². The van der Waals surface area contributed by atoms with Crippen LogP contribution in [0.2, 0.25) is 10.0 Å². The Kier molecular flexibility index (Phi) is 8.30. The van der Waals surface area contributed by atoms with Crippen molar-refractivity contribution < 1.29 is 9.53 Å². The molecule has 0 aromatic heterocycles. The van der Waals surface area contributed by atoms with E-state index in [-0.39, 0.29) is 5.11 Å². The first-order valence-corrected chi connectivity index (χ1v) is 9.95. The minimum atomic E-state index is -1.91. The van der Waals surface area contributed by atoms with Crippen LogP contribution in [-0.2, 0) is 0 Å². The molecule has 0 saturated heterocycles. The number of alkyl halides is 3. The lowest BCUT2D eigenvalue weighted by Crippen LogP contribution is -2.56. The van der Waals surface area contributed by atoms with Gasteiger partial charge in [0, 0.05) is 5.56 Å². The minimum absolute atomic E-state index is 0.0391. The van der Waals surface area contributed by atoms with Gasteiger partial charge in [0.1, 0.15) is 11.9 Å². The van der Waals surface area contributed by atoms with E-state index in [4.69, 9.17) is 75.0 Å². The Labute approximate surface area is 192 Å². The van der Waals surface area contributed by atoms with Gasteiger partial charge in [0.15, 0.2) is 5.11 Å². The Balaban J connectivity index is 2.13. The van der Waals surface area contributed by atoms with Crippen molar-refractivity contribution in [1.29, 1.82) is 0 Å². The molecule has 5 nitrogen and oxygen atoms in total. The Bertz CT molecular complexity index is 856. The number of halogens is 5. The zero-order valence-electron chi connectivity index (χ0n) is 14.2. The van der Waals surface area contributed by atoms with Crippen LogP contribution in [0.25, 0.3) is 0 Å². The summed E-state index contributed by atoms with van der Waals surface area (Å²) in [5.41, 5.74) is 0.693. The molecule has 0 fully saturated rings. The third-order valence-corrected chi connectivity index (χ3v) is 4.92. The van der Waals surface area contributed by atoms with Gasteiger partial charge < -0.3 is 20.7 Å². The molecule has 1 amide bonds. The standard InChI is InChI=1S/C17H14Cl5N3O2S/c1-27-10-5-2-4-9(8-10)14(26)24-15(17(20,21)22)25-16(28)23-13-11(18)6-3-7-12(13)19/h2-8,15H,1H3,(H,24,26)(H2,23,25,28)/t15-/m0/s1. The quantitative estimate of drug-likeness (QED) is 0.290. The average molecular weight is 502 g/mol. The Morgan fingerprint density at radius 1 is 1.07 bits per heavy atom. The number of benzene rings is 2. The first-order chi connectivity index (χ1) is 13.1. The minimum Gasteiger partial charge on any atom is -0.497 e. The zero-order valence-corrected chi connectivity index (χ0v) is 18.8. The van der Waals surface area contributed by atoms with Crippen molar-refractivity contribution in [3.63, 3.8) is 0 Å². The largest absolute Gasteiger partial charge is 0.497 e. The highest BCUT2D eigenvalue weighted by atomic mass is 35.6. The van der Waals surface area contributed by atoms with Gasteiger partial charge >= 0.3 is 0 Å². The van der Waals surface area contributed by atoms with Crippen LogP contribution in [0, 0.1) is 0 Å². The number of carbonyl (C=O) groups is 1. The molecule has 0 spiro atoms. The summed E-state index contributed by atoms with van der Waals surface area (Å²) in [5, 5.41) is 8.87. The summed E-state index contributed by atoms with van der Waals surface area (Å²) in [5.74, 6) is 0.0119. The fraction of sp³-hybridized carbons (Fsp3) is 0.176. The Hall–Kier alpha value is -1.15. The summed E-state index contributed by atoms with van der Waals surface area (Å²) in [6.07, 6.45) is -1.16. The van der Waals surface area contributed by atoms with Gasteiger partial charge in [-0.1, -0.05) is 70.1 Å². The lowest BCUT2D eigenvalue weighted by Gasteiger charge is -2.28. The van der Waals surface area contributed by atoms with E-state index in [1.54, 1.807) is 42.5 Å². The molecule has 0 unspecified atom stereocenters. The number of nitrogens with one attached hydrogen (secondary N) is 3. The normalized spacial score (nSPS) is 12.1. The zero-order chi connectivity index (χ0) is 20.9. The van der Waals surface area contributed by atoms with Gasteiger partial charge in [-0.05, 0) is 42.5 Å². The molecule has 150 valence electrons. The molecule has 0 aliphatic rings. The molecule has 0 bridgehead atoms. The van der Waals surface area contributed by atoms with Crippen LogP contribution in [0.3, 0.4) is 0 Å². The topological polar surface area (TPSA) is 62.4 Å². The fourth-order valence-corrected chi connectivity index (χ4v) is 3.12. The summed E-state index contributed by atoms with van der Waals surface area (Å²) >= 11 is 35.4. The molecular formula is C17H14Cl5N3O2S. The highest BCUT2D eigenvalue weighted by Crippen LogP contribution is 2.31. The second kappa shape index (κ2) is 10.1. The molecule has 2 aromatic rings. The van der Waals surface area contributed by atoms with Crippen molar-refractivity contribution in [3.8, 4) is 5.75 Å². The predicted octanol–water partition coefficient (Wildman–Crippen LogP) is 5.41. The second-order valence-electron chi connectivity index (χ2n) is 5.38. The van der Waals surface area contributed by atoms with Crippen LogP contribution in [0.5, 0.6) is 5.75 Å². The fourth-order valence-electron chi connectivity index (χ4n) is 2.08. The number of methoxy groups -OCH3 is 1. The maximum Gasteiger partial charge on any atom is 0.253 e. The van der Waals surface area contributed by atoms with E-state index in [1.807, 2.05) is 0 Å². The van der Waals surface area contributed by atoms with Crippen LogP contribution < -0.4 is 20.7 Å². The van der Waals surface area contributed by atoms with Crippen molar-refractivity contribution in [2.24, 2.45) is 0 Å². The van der Waals surface area contributed by atoms with Gasteiger partial charge in [-0.2, -0.15) is 0 Å². The number of ether oxygens (including phenoxy) is 1. The molecular weight excluding hydrogens is 488 g/mol. The van der Waals surface area contributed by atoms with Crippen molar-refractivity contribution in [2.45, 2.75) is 9.96 Å². The van der Waals surface area contributed by atoms with Crippen LogP contribution in [0.1, 0.15) is 10.4 Å². The lowest BCUT2D eigenvalue weighted by atomic mass is 10.2. The maximum absolute atomic E-state index is 12.5. The number of para-hydroxylation sites is 1. The van der Waals surface area contributed by atoms with Crippen LogP contribution in [-0.4, -0.2) is 28.1 Å². The summed E-state index contributed by atoms with van der Waals surface area (Å²) in [6, 6.07) is 11.5. The molecule has 0 radical (unpaired) electrons. The summed E-state index contributed by atoms with van der Waals surface area (Å²) in [6.45, 7) is 0. The SMILES string of the molecule is COc1cccc(C(=O)N[C@@H](NC(=S)Nc2c(Cl)cccc2Cl)C(Cl)(Cl)Cl)c1. The number of hydrogen-bond acceptors (Lipinski definition) is 3. The monoisotopic (exact) mass is 499 g/mol. The molecule has 0 aliphatic heterocycles. The van der Waals surface area contributed by atoms with Gasteiger partial charge in [0.25, 0.3) is 5.91 Å². The molecule has 3 N–H and O–H groups in total. The molecule has 0 heterocycles. The molecule has 2 aromatic carbocycles. The molecule has 28 heavy (non-hydrogen) atoms. The van der Waals surface area contributed by atoms with Gasteiger partial charge in [0.05, 0.1) is 22.8 Å². The van der Waals surface area contributed by atoms with Crippen molar-refractivity contribution in [2.75, 3.05) is 12.4 Å². The third kappa shape index (κ3) is 6.44. The van der Waals surface area contributed by atoms with E-state index >= 15 is 0 Å². The molecule has 11 heteroatoms. The van der Waals surface area contributed by atoms with E-state index < -0.39 is 15.9 Å². The van der Waals surface area contributed by atoms with E-state index in [0.29, 0.717) is 27.0 Å². The average Bonchev–Trinajstić information content (AvgIpc) is 2.63. The van der Waals surface area contributed by atoms with Gasteiger partial charge in [-0.3, -0.25) is 4.79 Å². The first kappa shape index (κ1) is 23.1. The predicted molar refractivity (Wildman–Crippen MR) is 120 cm³/mol. The Morgan fingerprint density at radius 2 is 1.68 bits per heavy atom. The van der Waals surface area contributed by atoms with E-state index in [0.717, 1.165) is 0 Å². The second-order valence-corrected chi connectivity index (χ2v) is 8.97. The summed E-state index contributed by atoms with van der Waals surface area (Å²) in [7, 11) is 1.49. The summed E-state index contributed by atoms with van der Waals surface area (Å²) < 4.78 is 3.19. The number of carbonyl (C=O) groups excluding carboxylic acids is 1. The molecule has 1 atom stereocenters. The van der Waals surface area contributed by atoms with Gasteiger partial charge in [-0.25, -0.2) is 0 Å². The van der Waals surface area contributed by atoms with Crippen molar-refractivity contribution in [3.05, 3.63) is 58.1 Å². The number of amides is 1.